The molecular weight excluding hydrogens is 779 g/mol. The Labute approximate surface area is 392 Å². The van der Waals surface area contributed by atoms with E-state index in [4.69, 9.17) is 4.74 Å². The Bertz CT molecular complexity index is 1020. The Morgan fingerprint density at radius 3 is 1.25 bits per heavy atom. The van der Waals surface area contributed by atoms with Crippen LogP contribution in [0.25, 0.3) is 0 Å². The van der Waals surface area contributed by atoms with Crippen LogP contribution in [0.1, 0.15) is 290 Å². The Hall–Kier alpha value is -1.92. The molecule has 0 aliphatic carbocycles. The highest BCUT2D eigenvalue weighted by molar-refractivity contribution is 5.76. The highest BCUT2D eigenvalue weighted by atomic mass is 16.5. The highest BCUT2D eigenvalue weighted by Crippen LogP contribution is 2.16. The lowest BCUT2D eigenvalue weighted by Gasteiger charge is -2.20. The summed E-state index contributed by atoms with van der Waals surface area (Å²) < 4.78 is 5.46. The molecular formula is C57H107NO5. The van der Waals surface area contributed by atoms with Crippen LogP contribution in [0, 0.1) is 0 Å². The third-order valence-electron chi connectivity index (χ3n) is 12.7. The van der Waals surface area contributed by atoms with E-state index >= 15 is 0 Å². The lowest BCUT2D eigenvalue weighted by molar-refractivity contribution is -0.143. The molecule has 0 aliphatic heterocycles. The molecule has 0 bridgehead atoms. The average molecular weight is 886 g/mol. The van der Waals surface area contributed by atoms with Gasteiger partial charge in [-0.1, -0.05) is 256 Å². The second kappa shape index (κ2) is 52.7. The highest BCUT2D eigenvalue weighted by Gasteiger charge is 2.18. The Morgan fingerprint density at radius 1 is 0.444 bits per heavy atom. The second-order valence-electron chi connectivity index (χ2n) is 18.9. The van der Waals surface area contributed by atoms with Crippen molar-refractivity contribution < 1.29 is 24.5 Å². The summed E-state index contributed by atoms with van der Waals surface area (Å²) in [6, 6.07) is -0.635. The van der Waals surface area contributed by atoms with E-state index in [1.165, 1.54) is 199 Å². The number of unbranched alkanes of at least 4 members (excludes halogenated alkanes) is 36. The predicted octanol–water partition coefficient (Wildman–Crippen LogP) is 16.9. The van der Waals surface area contributed by atoms with Gasteiger partial charge in [0.25, 0.3) is 0 Å². The van der Waals surface area contributed by atoms with Crippen molar-refractivity contribution in [3.63, 3.8) is 0 Å². The van der Waals surface area contributed by atoms with Crippen molar-refractivity contribution in [1.82, 2.24) is 5.32 Å². The number of ether oxygens (including phenoxy) is 1. The number of aliphatic hydroxyl groups is 2. The third kappa shape index (κ3) is 49.4. The van der Waals surface area contributed by atoms with Gasteiger partial charge in [-0.3, -0.25) is 9.59 Å². The van der Waals surface area contributed by atoms with Crippen LogP contribution in [0.5, 0.6) is 0 Å². The summed E-state index contributed by atoms with van der Waals surface area (Å²) in [5.74, 6) is -0.0914. The normalized spacial score (nSPS) is 12.9. The van der Waals surface area contributed by atoms with Gasteiger partial charge in [0.05, 0.1) is 25.4 Å². The van der Waals surface area contributed by atoms with Crippen molar-refractivity contribution >= 4 is 11.9 Å². The van der Waals surface area contributed by atoms with Crippen molar-refractivity contribution in [2.45, 2.75) is 302 Å². The minimum absolute atomic E-state index is 0.0153. The summed E-state index contributed by atoms with van der Waals surface area (Å²) in [5.41, 5.74) is 0. The molecule has 0 saturated heterocycles. The fourth-order valence-electron chi connectivity index (χ4n) is 8.36. The number of allylic oxidation sites excluding steroid dienone is 5. The zero-order chi connectivity index (χ0) is 45.8. The zero-order valence-electron chi connectivity index (χ0n) is 42.1. The number of rotatable bonds is 51. The van der Waals surface area contributed by atoms with Crippen LogP contribution in [0.15, 0.2) is 36.5 Å². The number of esters is 1. The molecule has 63 heavy (non-hydrogen) atoms. The van der Waals surface area contributed by atoms with Crippen LogP contribution in [0.4, 0.5) is 0 Å². The van der Waals surface area contributed by atoms with Gasteiger partial charge in [-0.25, -0.2) is 0 Å². The molecule has 0 rings (SSSR count). The molecule has 370 valence electrons. The molecule has 0 aromatic rings. The molecule has 2 atom stereocenters. The molecule has 3 N–H and O–H groups in total. The Balaban J connectivity index is 3.48. The molecule has 0 heterocycles. The van der Waals surface area contributed by atoms with Crippen LogP contribution >= 0.6 is 0 Å². The van der Waals surface area contributed by atoms with Crippen LogP contribution in [0.3, 0.4) is 0 Å². The monoisotopic (exact) mass is 886 g/mol. The maximum absolute atomic E-state index is 12.5. The molecule has 0 fully saturated rings. The molecule has 0 saturated carbocycles. The van der Waals surface area contributed by atoms with Gasteiger partial charge in [-0.15, -0.1) is 0 Å². The summed E-state index contributed by atoms with van der Waals surface area (Å²) in [4.78, 5) is 24.5. The van der Waals surface area contributed by atoms with Crippen LogP contribution in [-0.2, 0) is 14.3 Å². The maximum Gasteiger partial charge on any atom is 0.305 e. The largest absolute Gasteiger partial charge is 0.466 e. The molecule has 0 radical (unpaired) electrons. The van der Waals surface area contributed by atoms with E-state index in [9.17, 15) is 19.8 Å². The first kappa shape index (κ1) is 61.1. The molecule has 1 amide bonds. The molecule has 6 nitrogen and oxygen atoms in total. The van der Waals surface area contributed by atoms with Gasteiger partial charge in [0.15, 0.2) is 0 Å². The number of carbonyl (C=O) groups is 2. The molecule has 6 heteroatoms. The number of carbonyl (C=O) groups excluding carboxylic acids is 2. The van der Waals surface area contributed by atoms with Crippen molar-refractivity contribution in [1.29, 1.82) is 0 Å². The lowest BCUT2D eigenvalue weighted by atomic mass is 10.0. The summed E-state index contributed by atoms with van der Waals surface area (Å²) in [6.07, 6.45) is 64.3. The summed E-state index contributed by atoms with van der Waals surface area (Å²) in [5, 5.41) is 23.1. The van der Waals surface area contributed by atoms with Gasteiger partial charge in [-0.2, -0.15) is 0 Å². The molecule has 2 unspecified atom stereocenters. The predicted molar refractivity (Wildman–Crippen MR) is 273 cm³/mol. The van der Waals surface area contributed by atoms with Crippen molar-refractivity contribution in [3.05, 3.63) is 36.5 Å². The van der Waals surface area contributed by atoms with E-state index in [-0.39, 0.29) is 18.5 Å². The number of amides is 1. The molecule has 0 aromatic carbocycles. The van der Waals surface area contributed by atoms with Gasteiger partial charge in [0.1, 0.15) is 0 Å². The minimum Gasteiger partial charge on any atom is -0.466 e. The van der Waals surface area contributed by atoms with E-state index in [0.29, 0.717) is 19.4 Å². The number of hydrogen-bond acceptors (Lipinski definition) is 5. The number of hydrogen-bond donors (Lipinski definition) is 3. The van der Waals surface area contributed by atoms with Crippen molar-refractivity contribution in [2.24, 2.45) is 0 Å². The van der Waals surface area contributed by atoms with E-state index in [0.717, 1.165) is 64.2 Å². The summed E-state index contributed by atoms with van der Waals surface area (Å²) in [6.45, 7) is 4.84. The minimum atomic E-state index is -0.851. The van der Waals surface area contributed by atoms with Crippen LogP contribution in [0.2, 0.25) is 0 Å². The van der Waals surface area contributed by atoms with Crippen molar-refractivity contribution in [3.8, 4) is 0 Å². The SMILES string of the molecule is CCCC/C=C\C/C=C\CCCCCCCC(=O)OCCCCCCCCCCCCCCCCCC(=O)NC(CO)C(O)/C=C/CCCCCCCCCCCCCCCCC. The van der Waals surface area contributed by atoms with Gasteiger partial charge >= 0.3 is 5.97 Å². The van der Waals surface area contributed by atoms with Gasteiger partial charge in [-0.05, 0) is 57.8 Å². The van der Waals surface area contributed by atoms with Gasteiger partial charge < -0.3 is 20.3 Å². The Kier molecular flexibility index (Phi) is 51.1. The van der Waals surface area contributed by atoms with Crippen LogP contribution in [-0.4, -0.2) is 47.4 Å². The van der Waals surface area contributed by atoms with Crippen LogP contribution < -0.4 is 5.32 Å². The fourth-order valence-corrected chi connectivity index (χ4v) is 8.36. The first-order chi connectivity index (χ1) is 31.0. The topological polar surface area (TPSA) is 95.9 Å². The van der Waals surface area contributed by atoms with Crippen molar-refractivity contribution in [2.75, 3.05) is 13.2 Å². The third-order valence-corrected chi connectivity index (χ3v) is 12.7. The quantitative estimate of drug-likeness (QED) is 0.0321. The molecule has 0 spiro atoms. The maximum atomic E-state index is 12.5. The first-order valence-electron chi connectivity index (χ1n) is 27.8. The average Bonchev–Trinajstić information content (AvgIpc) is 3.28. The lowest BCUT2D eigenvalue weighted by Crippen LogP contribution is -2.45. The van der Waals surface area contributed by atoms with Gasteiger partial charge in [0.2, 0.25) is 5.91 Å². The van der Waals surface area contributed by atoms with E-state index in [2.05, 4.69) is 43.5 Å². The number of aliphatic hydroxyl groups excluding tert-OH is 2. The number of nitrogens with one attached hydrogen (secondary N) is 1. The van der Waals surface area contributed by atoms with E-state index in [1.807, 2.05) is 6.08 Å². The van der Waals surface area contributed by atoms with Gasteiger partial charge in [0, 0.05) is 12.8 Å². The van der Waals surface area contributed by atoms with E-state index in [1.54, 1.807) is 6.08 Å². The standard InChI is InChI=1S/C57H107NO5/c1-3-5-7-9-11-13-15-17-19-20-22-25-29-33-37-41-45-49-55(60)54(53-59)58-56(61)50-46-42-38-34-30-26-23-21-24-28-32-36-40-44-48-52-63-57(62)51-47-43-39-35-31-27-18-16-14-12-10-8-6-4-2/h10,12,16,18,45,49,54-55,59-60H,3-9,11,13-15,17,19-44,46-48,50-53H2,1-2H3,(H,58,61)/b12-10-,18-16-,49-45+. The van der Waals surface area contributed by atoms with E-state index < -0.39 is 12.1 Å². The Morgan fingerprint density at radius 2 is 0.810 bits per heavy atom. The first-order valence-corrected chi connectivity index (χ1v) is 27.8. The smallest absolute Gasteiger partial charge is 0.305 e. The molecule has 0 aromatic heterocycles. The molecule has 0 aliphatic rings. The fraction of sp³-hybridized carbons (Fsp3) is 0.860. The zero-order valence-corrected chi connectivity index (χ0v) is 42.1. The summed E-state index contributed by atoms with van der Waals surface area (Å²) in [7, 11) is 0. The second-order valence-corrected chi connectivity index (χ2v) is 18.9. The summed E-state index contributed by atoms with van der Waals surface area (Å²) >= 11 is 0.